The van der Waals surface area contributed by atoms with Crippen molar-refractivity contribution in [3.05, 3.63) is 64.1 Å². The molecule has 2 aromatic rings. The van der Waals surface area contributed by atoms with Crippen molar-refractivity contribution in [3.8, 4) is 24.8 Å². The van der Waals surface area contributed by atoms with E-state index in [1.54, 1.807) is 0 Å². The van der Waals surface area contributed by atoms with Gasteiger partial charge < -0.3 is 37.1 Å². The van der Waals surface area contributed by atoms with Gasteiger partial charge in [0.2, 0.25) is 17.5 Å². The molecule has 8 N–H and O–H groups in total. The Morgan fingerprint density at radius 2 is 1.88 bits per heavy atom. The fourth-order valence-electron chi connectivity index (χ4n) is 5.38. The number of aliphatic carboxylic acids is 1. The maximum atomic E-state index is 14.0. The molecule has 2 aromatic heterocycles. The molecule has 50 heavy (non-hydrogen) atoms. The van der Waals surface area contributed by atoms with Crippen LogP contribution in [0.25, 0.3) is 0 Å². The van der Waals surface area contributed by atoms with Gasteiger partial charge in [0.1, 0.15) is 23.4 Å². The molecule has 0 saturated carbocycles. The van der Waals surface area contributed by atoms with Crippen LogP contribution in [-0.4, -0.2) is 76.4 Å². The summed E-state index contributed by atoms with van der Waals surface area (Å²) in [5, 5.41) is 26.3. The van der Waals surface area contributed by atoms with Gasteiger partial charge in [-0.2, -0.15) is 10.2 Å². The predicted octanol–water partition coefficient (Wildman–Crippen LogP) is 5.10. The zero-order chi connectivity index (χ0) is 38.4. The number of nitrogen functional groups attached to an aromatic ring is 1. The van der Waals surface area contributed by atoms with Crippen LogP contribution in [0.3, 0.4) is 0 Å². The molecule has 0 amide bonds. The minimum atomic E-state index is -1.28. The minimum absolute atomic E-state index is 0.101. The lowest BCUT2D eigenvalue weighted by atomic mass is 9.80. The molecule has 3 heterocycles. The van der Waals surface area contributed by atoms with E-state index in [1.165, 1.54) is 23.6 Å². The van der Waals surface area contributed by atoms with Gasteiger partial charge in [0, 0.05) is 47.5 Å². The number of likely N-dealkylation sites (N-methyl/N-ethyl adjacent to an activating group) is 1. The Kier molecular flexibility index (Phi) is 21.7. The molecular weight excluding hydrogens is 657 g/mol. The second-order valence-electron chi connectivity index (χ2n) is 10.4. The number of fused-ring (bicyclic) bond motifs is 1. The smallest absolute Gasteiger partial charge is 0.351 e. The van der Waals surface area contributed by atoms with Crippen LogP contribution in [0.1, 0.15) is 91.8 Å². The van der Waals surface area contributed by atoms with Crippen LogP contribution in [0, 0.1) is 24.2 Å². The Morgan fingerprint density at radius 1 is 1.22 bits per heavy atom. The van der Waals surface area contributed by atoms with Gasteiger partial charge in [-0.15, -0.1) is 37.3 Å². The van der Waals surface area contributed by atoms with Crippen molar-refractivity contribution in [1.29, 1.82) is 5.26 Å². The lowest BCUT2D eigenvalue weighted by Crippen LogP contribution is -2.30. The molecule has 0 spiro atoms. The first kappa shape index (κ1) is 45.0. The van der Waals surface area contributed by atoms with Gasteiger partial charge >= 0.3 is 5.97 Å². The van der Waals surface area contributed by atoms with Crippen molar-refractivity contribution in [2.45, 2.75) is 77.7 Å². The van der Waals surface area contributed by atoms with Crippen LogP contribution in [-0.2, 0) is 11.2 Å². The third kappa shape index (κ3) is 12.1. The molecule has 272 valence electrons. The Hall–Kier alpha value is -5.02. The summed E-state index contributed by atoms with van der Waals surface area (Å²) in [6.45, 7) is 13.3. The summed E-state index contributed by atoms with van der Waals surface area (Å²) < 4.78 is 6.00. The minimum Gasteiger partial charge on any atom is -0.477 e. The van der Waals surface area contributed by atoms with Gasteiger partial charge in [-0.3, -0.25) is 4.79 Å². The normalized spacial score (nSPS) is 17.0. The largest absolute Gasteiger partial charge is 0.477 e. The number of allylic oxidation sites excluding steroid dienone is 3. The summed E-state index contributed by atoms with van der Waals surface area (Å²) in [5.74, 6) is -1.92. The number of nitrogens with zero attached hydrogens (tertiary/aromatic N) is 5. The number of anilines is 1. The van der Waals surface area contributed by atoms with E-state index >= 15 is 0 Å². The molecule has 14 heteroatoms. The first-order valence-corrected chi connectivity index (χ1v) is 17.0. The zero-order valence-corrected chi connectivity index (χ0v) is 30.6. The number of carboxylic acids is 1. The summed E-state index contributed by atoms with van der Waals surface area (Å²) in [6.07, 6.45) is 15.8. The third-order valence-corrected chi connectivity index (χ3v) is 8.69. The van der Waals surface area contributed by atoms with Crippen LogP contribution in [0.15, 0.2) is 47.3 Å². The number of aromatic nitrogens is 2. The Bertz CT molecular complexity index is 1560. The summed E-state index contributed by atoms with van der Waals surface area (Å²) in [4.78, 5) is 41.3. The monoisotopic (exact) mass is 708 g/mol. The lowest BCUT2D eigenvalue weighted by molar-refractivity contribution is -0.132. The molecule has 0 unspecified atom stereocenters. The highest BCUT2D eigenvalue weighted by Gasteiger charge is 2.32. The average Bonchev–Trinajstić information content (AvgIpc) is 3.72. The third-order valence-electron chi connectivity index (χ3n) is 7.60. The molecular formula is C36H52N8O5S. The number of nitriles is 1. The first-order chi connectivity index (χ1) is 24.1. The molecule has 0 radical (unpaired) electrons. The summed E-state index contributed by atoms with van der Waals surface area (Å²) in [6, 6.07) is 3.92. The number of ether oxygens (including phenoxy) is 1. The van der Waals surface area contributed by atoms with Crippen molar-refractivity contribution in [2.75, 3.05) is 33.0 Å². The molecule has 13 nitrogen and oxygen atoms in total. The Balaban J connectivity index is 0.00000280. The van der Waals surface area contributed by atoms with Gasteiger partial charge in [0.05, 0.1) is 5.56 Å². The van der Waals surface area contributed by atoms with Crippen molar-refractivity contribution in [3.63, 3.8) is 0 Å². The number of ketones is 1. The van der Waals surface area contributed by atoms with E-state index in [2.05, 4.69) is 51.9 Å². The number of carbonyl (C=O) groups is 2. The maximum Gasteiger partial charge on any atom is 0.351 e. The van der Waals surface area contributed by atoms with Crippen LogP contribution in [0.5, 0.6) is 5.88 Å². The Morgan fingerprint density at radius 3 is 2.44 bits per heavy atom. The molecule has 2 atom stereocenters. The topological polar surface area (TPSA) is 227 Å². The maximum absolute atomic E-state index is 14.0. The van der Waals surface area contributed by atoms with Crippen LogP contribution in [0.2, 0.25) is 0 Å². The number of rotatable bonds is 11. The summed E-state index contributed by atoms with van der Waals surface area (Å²) >= 11 is 1.40. The van der Waals surface area contributed by atoms with Gasteiger partial charge in [0.25, 0.3) is 0 Å². The number of hydrogen-bond acceptors (Lipinski definition) is 13. The number of likely N-dealkylation sites (tertiary alicyclic amines) is 1. The fraction of sp³-hybridized carbons (Fsp3) is 0.444. The fourth-order valence-corrected chi connectivity index (χ4v) is 6.50. The van der Waals surface area contributed by atoms with E-state index in [4.69, 9.17) is 32.2 Å². The quantitative estimate of drug-likeness (QED) is 0.0676. The van der Waals surface area contributed by atoms with Crippen LogP contribution < -0.4 is 21.9 Å². The van der Waals surface area contributed by atoms with Crippen LogP contribution >= 0.6 is 11.3 Å². The molecule has 2 aliphatic rings. The lowest BCUT2D eigenvalue weighted by Gasteiger charge is -2.25. The van der Waals surface area contributed by atoms with Crippen molar-refractivity contribution < 1.29 is 24.5 Å². The predicted molar refractivity (Wildman–Crippen MR) is 201 cm³/mol. The van der Waals surface area contributed by atoms with Gasteiger partial charge in [0.15, 0.2) is 5.82 Å². The van der Waals surface area contributed by atoms with E-state index < -0.39 is 17.4 Å². The second kappa shape index (κ2) is 24.2. The summed E-state index contributed by atoms with van der Waals surface area (Å²) in [5.41, 5.74) is 20.0. The number of aliphatic imine (C=N–C) groups is 1. The molecule has 0 bridgehead atoms. The highest BCUT2D eigenvalue weighted by Crippen LogP contribution is 2.45. The number of carboxylic acid groups (broad SMARTS) is 1. The standard InChI is InChI=1S/C29H36N8O4S.C2H6.C2H4.C2H2.CH4O/c1-3-6-18(25(32)17-8-4-9-21-24(17)19(14-30)27(33)42-21)26(38)28-35-22(34-11-10-20(31)29(39)40)13-23(36-28)41-15-16-7-5-12-37(16)2;4*1-2/h10-11,13,16-17H,3-9,12,15,31-33H2,1-2H3,(H,39,40);1-2H3;1-2H2;1-2H;2H,1H3/b20-10-,25-18-,34-11+;;;;/t16-,17-;;;;/m0..../s1. The van der Waals surface area contributed by atoms with Crippen molar-refractivity contribution >= 4 is 40.1 Å². The van der Waals surface area contributed by atoms with Gasteiger partial charge in [-0.05, 0) is 63.8 Å². The molecule has 1 saturated heterocycles. The number of aryl methyl sites for hydroxylation is 1. The number of carbonyl (C=O) groups excluding carboxylic acids is 1. The number of Topliss-reactive ketones (excluding diaryl/α,β-unsaturated/α-hetero) is 1. The number of terminal acetylenes is 1. The molecule has 1 fully saturated rings. The number of hydrogen-bond donors (Lipinski definition) is 5. The molecule has 0 aromatic carbocycles. The van der Waals surface area contributed by atoms with Crippen LogP contribution in [0.4, 0.5) is 10.8 Å². The summed E-state index contributed by atoms with van der Waals surface area (Å²) in [7, 11) is 3.03. The van der Waals surface area contributed by atoms with Crippen molar-refractivity contribution in [2.24, 2.45) is 16.5 Å². The number of aliphatic hydroxyl groups excluding tert-OH is 1. The second-order valence-corrected chi connectivity index (χ2v) is 11.6. The van der Waals surface area contributed by atoms with E-state index in [0.29, 0.717) is 47.7 Å². The van der Waals surface area contributed by atoms with E-state index in [9.17, 15) is 14.9 Å². The highest BCUT2D eigenvalue weighted by atomic mass is 32.1. The molecule has 1 aliphatic carbocycles. The highest BCUT2D eigenvalue weighted by molar-refractivity contribution is 7.16. The van der Waals surface area contributed by atoms with Gasteiger partial charge in [-0.1, -0.05) is 27.2 Å². The van der Waals surface area contributed by atoms with E-state index in [0.717, 1.165) is 55.9 Å². The molecule has 1 aliphatic heterocycles. The number of thiophene rings is 1. The van der Waals surface area contributed by atoms with E-state index in [1.807, 2.05) is 27.8 Å². The molecule has 4 rings (SSSR count). The SMILES string of the molecule is C#C.C=C.CC.CCC/C(C(=O)c1nc(/N=C/C=C(\N)C(=O)O)cc(OC[C@@H]2CCCN2C)n1)=C(/N)[C@H]1CCCc2sc(N)c(C#N)c21.CO. The number of aliphatic hydroxyl groups is 1. The van der Waals surface area contributed by atoms with Crippen molar-refractivity contribution in [1.82, 2.24) is 14.9 Å². The number of nitrogens with two attached hydrogens (primary N) is 3. The first-order valence-electron chi connectivity index (χ1n) is 16.2. The van der Waals surface area contributed by atoms with E-state index in [-0.39, 0.29) is 29.5 Å². The average molecular weight is 709 g/mol. The zero-order valence-electron chi connectivity index (χ0n) is 29.8. The van der Waals surface area contributed by atoms with Gasteiger partial charge in [-0.25, -0.2) is 14.8 Å². The Labute approximate surface area is 300 Å².